The van der Waals surface area contributed by atoms with Crippen molar-refractivity contribution in [1.29, 1.82) is 0 Å². The molecule has 0 aliphatic heterocycles. The summed E-state index contributed by atoms with van der Waals surface area (Å²) < 4.78 is 0. The van der Waals surface area contributed by atoms with E-state index < -0.39 is 5.97 Å². The van der Waals surface area contributed by atoms with Crippen molar-refractivity contribution in [2.24, 2.45) is 0 Å². The zero-order valence-corrected chi connectivity index (χ0v) is 9.97. The quantitative estimate of drug-likeness (QED) is 0.855. The third-order valence-corrected chi connectivity index (χ3v) is 3.01. The predicted molar refractivity (Wildman–Crippen MR) is 62.3 cm³/mol. The van der Waals surface area contributed by atoms with E-state index in [2.05, 4.69) is 9.97 Å². The Labute approximate surface area is 104 Å². The van der Waals surface area contributed by atoms with E-state index in [9.17, 15) is 4.79 Å². The monoisotopic (exact) mass is 274 g/mol. The van der Waals surface area contributed by atoms with Crippen LogP contribution in [-0.4, -0.2) is 21.0 Å². The molecule has 0 saturated heterocycles. The molecule has 0 spiro atoms. The summed E-state index contributed by atoms with van der Waals surface area (Å²) in [5.41, 5.74) is 0.659. The molecule has 82 valence electrons. The van der Waals surface area contributed by atoms with Crippen molar-refractivity contribution < 1.29 is 9.90 Å². The standard InChI is InChI=1S/C9H4Cl2N2O2S/c10-6-1-4(2-7(11)13-6)8-12-5(3-16-8)9(14)15/h1-3H,(H,14,15). The number of halogens is 2. The normalized spacial score (nSPS) is 10.4. The van der Waals surface area contributed by atoms with Crippen molar-refractivity contribution >= 4 is 40.5 Å². The van der Waals surface area contributed by atoms with Gasteiger partial charge in [-0.2, -0.15) is 0 Å². The average Bonchev–Trinajstić information content (AvgIpc) is 2.64. The van der Waals surface area contributed by atoms with Gasteiger partial charge in [-0.1, -0.05) is 23.2 Å². The van der Waals surface area contributed by atoms with Crippen molar-refractivity contribution in [2.75, 3.05) is 0 Å². The Morgan fingerprint density at radius 1 is 1.25 bits per heavy atom. The Kier molecular flexibility index (Phi) is 3.09. The Hall–Kier alpha value is -1.17. The molecule has 2 aromatic rings. The summed E-state index contributed by atoms with van der Waals surface area (Å²) in [6.07, 6.45) is 0. The third kappa shape index (κ3) is 2.32. The van der Waals surface area contributed by atoms with Gasteiger partial charge in [-0.25, -0.2) is 14.8 Å². The molecule has 1 N–H and O–H groups in total. The van der Waals surface area contributed by atoms with E-state index in [4.69, 9.17) is 28.3 Å². The minimum Gasteiger partial charge on any atom is -0.476 e. The van der Waals surface area contributed by atoms with E-state index in [0.717, 1.165) is 0 Å². The van der Waals surface area contributed by atoms with Gasteiger partial charge in [0.25, 0.3) is 0 Å². The molecule has 0 aliphatic rings. The second kappa shape index (κ2) is 4.37. The molecule has 0 fully saturated rings. The smallest absolute Gasteiger partial charge is 0.355 e. The topological polar surface area (TPSA) is 63.1 Å². The molecule has 2 heterocycles. The lowest BCUT2D eigenvalue weighted by atomic mass is 10.3. The van der Waals surface area contributed by atoms with Gasteiger partial charge in [0.2, 0.25) is 0 Å². The molecule has 4 nitrogen and oxygen atoms in total. The fourth-order valence-electron chi connectivity index (χ4n) is 1.09. The SMILES string of the molecule is O=C(O)c1csc(-c2cc(Cl)nc(Cl)c2)n1. The molecule has 2 rings (SSSR count). The van der Waals surface area contributed by atoms with Crippen LogP contribution in [0.5, 0.6) is 0 Å². The van der Waals surface area contributed by atoms with Crippen LogP contribution in [0.15, 0.2) is 17.5 Å². The van der Waals surface area contributed by atoms with E-state index in [-0.39, 0.29) is 16.0 Å². The highest BCUT2D eigenvalue weighted by Gasteiger charge is 2.11. The van der Waals surface area contributed by atoms with E-state index in [1.165, 1.54) is 16.7 Å². The Morgan fingerprint density at radius 2 is 1.88 bits per heavy atom. The molecule has 0 radical (unpaired) electrons. The summed E-state index contributed by atoms with van der Waals surface area (Å²) in [6, 6.07) is 3.16. The first-order valence-electron chi connectivity index (χ1n) is 4.08. The van der Waals surface area contributed by atoms with Crippen molar-refractivity contribution in [2.45, 2.75) is 0 Å². The molecule has 0 saturated carbocycles. The van der Waals surface area contributed by atoms with Crippen LogP contribution in [0.2, 0.25) is 10.3 Å². The zero-order chi connectivity index (χ0) is 11.7. The van der Waals surface area contributed by atoms with E-state index in [0.29, 0.717) is 10.6 Å². The van der Waals surface area contributed by atoms with Gasteiger partial charge in [0.05, 0.1) is 0 Å². The molecule has 0 aliphatic carbocycles. The maximum absolute atomic E-state index is 10.7. The number of rotatable bonds is 2. The number of pyridine rings is 1. The lowest BCUT2D eigenvalue weighted by molar-refractivity contribution is 0.0691. The molecule has 0 unspecified atom stereocenters. The van der Waals surface area contributed by atoms with Crippen LogP contribution >= 0.6 is 34.5 Å². The summed E-state index contributed by atoms with van der Waals surface area (Å²) in [6.45, 7) is 0. The first-order valence-corrected chi connectivity index (χ1v) is 5.72. The van der Waals surface area contributed by atoms with Gasteiger partial charge in [-0.3, -0.25) is 0 Å². The first-order chi connectivity index (χ1) is 7.56. The molecule has 0 atom stereocenters. The predicted octanol–water partition coefficient (Wildman–Crippen LogP) is 3.21. The number of aromatic nitrogens is 2. The van der Waals surface area contributed by atoms with Crippen LogP contribution in [0.25, 0.3) is 10.6 Å². The van der Waals surface area contributed by atoms with Crippen molar-refractivity contribution in [3.05, 3.63) is 33.5 Å². The van der Waals surface area contributed by atoms with Crippen molar-refractivity contribution in [3.8, 4) is 10.6 Å². The summed E-state index contributed by atoms with van der Waals surface area (Å²) in [7, 11) is 0. The number of nitrogens with zero attached hydrogens (tertiary/aromatic N) is 2. The number of thiazole rings is 1. The molecule has 0 aromatic carbocycles. The van der Waals surface area contributed by atoms with Crippen molar-refractivity contribution in [1.82, 2.24) is 9.97 Å². The fraction of sp³-hybridized carbons (Fsp3) is 0. The largest absolute Gasteiger partial charge is 0.476 e. The van der Waals surface area contributed by atoms with Crippen LogP contribution in [0, 0.1) is 0 Å². The van der Waals surface area contributed by atoms with Crippen molar-refractivity contribution in [3.63, 3.8) is 0 Å². The highest BCUT2D eigenvalue weighted by atomic mass is 35.5. The Balaban J connectivity index is 2.46. The van der Waals surface area contributed by atoms with Crippen LogP contribution < -0.4 is 0 Å². The van der Waals surface area contributed by atoms with Gasteiger partial charge in [0, 0.05) is 10.9 Å². The number of hydrogen-bond acceptors (Lipinski definition) is 4. The number of hydrogen-bond donors (Lipinski definition) is 1. The van der Waals surface area contributed by atoms with Crippen LogP contribution in [0.4, 0.5) is 0 Å². The van der Waals surface area contributed by atoms with Gasteiger partial charge in [0.1, 0.15) is 15.3 Å². The fourth-order valence-corrected chi connectivity index (χ4v) is 2.34. The van der Waals surface area contributed by atoms with Gasteiger partial charge >= 0.3 is 5.97 Å². The van der Waals surface area contributed by atoms with Crippen LogP contribution in [-0.2, 0) is 0 Å². The lowest BCUT2D eigenvalue weighted by Gasteiger charge is -1.97. The minimum absolute atomic E-state index is 0.00376. The van der Waals surface area contributed by atoms with Gasteiger partial charge in [0.15, 0.2) is 5.69 Å². The highest BCUT2D eigenvalue weighted by molar-refractivity contribution is 7.13. The van der Waals surface area contributed by atoms with E-state index in [1.54, 1.807) is 12.1 Å². The lowest BCUT2D eigenvalue weighted by Crippen LogP contribution is -1.95. The molecule has 2 aromatic heterocycles. The second-order valence-electron chi connectivity index (χ2n) is 2.84. The molecule has 16 heavy (non-hydrogen) atoms. The number of carboxylic acids is 1. The third-order valence-electron chi connectivity index (χ3n) is 1.73. The van der Waals surface area contributed by atoms with Gasteiger partial charge in [-0.05, 0) is 12.1 Å². The first kappa shape index (κ1) is 11.3. The molecule has 0 bridgehead atoms. The highest BCUT2D eigenvalue weighted by Crippen LogP contribution is 2.27. The van der Waals surface area contributed by atoms with Gasteiger partial charge in [-0.15, -0.1) is 11.3 Å². The maximum atomic E-state index is 10.7. The summed E-state index contributed by atoms with van der Waals surface area (Å²) in [5.74, 6) is -1.06. The van der Waals surface area contributed by atoms with Crippen LogP contribution in [0.3, 0.4) is 0 Å². The van der Waals surface area contributed by atoms with Crippen LogP contribution in [0.1, 0.15) is 10.5 Å². The molecular formula is C9H4Cl2N2O2S. The summed E-state index contributed by atoms with van der Waals surface area (Å²) in [4.78, 5) is 18.4. The Morgan fingerprint density at radius 3 is 2.38 bits per heavy atom. The van der Waals surface area contributed by atoms with E-state index in [1.807, 2.05) is 0 Å². The Bertz CT molecular complexity index is 536. The average molecular weight is 275 g/mol. The molecule has 7 heteroatoms. The number of carbonyl (C=O) groups is 1. The molecular weight excluding hydrogens is 271 g/mol. The second-order valence-corrected chi connectivity index (χ2v) is 4.48. The zero-order valence-electron chi connectivity index (χ0n) is 7.65. The minimum atomic E-state index is -1.06. The maximum Gasteiger partial charge on any atom is 0.355 e. The number of aromatic carboxylic acids is 1. The van der Waals surface area contributed by atoms with Gasteiger partial charge < -0.3 is 5.11 Å². The number of carboxylic acid groups (broad SMARTS) is 1. The van der Waals surface area contributed by atoms with E-state index >= 15 is 0 Å². The summed E-state index contributed by atoms with van der Waals surface area (Å²) >= 11 is 12.7. The summed E-state index contributed by atoms with van der Waals surface area (Å²) in [5, 5.41) is 11.2. The molecule has 0 amide bonds.